The summed E-state index contributed by atoms with van der Waals surface area (Å²) in [5.74, 6) is -2.86. The largest absolute Gasteiger partial charge is 0.304 e. The zero-order chi connectivity index (χ0) is 14.7. The first kappa shape index (κ1) is 14.3. The maximum Gasteiger partial charge on any atom is 0.251 e. The normalized spacial score (nSPS) is 44.6. The van der Waals surface area contributed by atoms with Crippen molar-refractivity contribution in [1.82, 2.24) is 5.32 Å². The first-order valence-electron chi connectivity index (χ1n) is 7.18. The van der Waals surface area contributed by atoms with Crippen LogP contribution in [0.1, 0.15) is 40.0 Å². The molecule has 20 heavy (non-hydrogen) atoms. The minimum absolute atomic E-state index is 0.0223. The summed E-state index contributed by atoms with van der Waals surface area (Å²) in [6.45, 7) is 5.93. The maximum absolute atomic E-state index is 13.5. The maximum atomic E-state index is 13.5. The van der Waals surface area contributed by atoms with Gasteiger partial charge in [-0.3, -0.25) is 9.79 Å². The predicted molar refractivity (Wildman–Crippen MR) is 76.0 cm³/mol. The lowest BCUT2D eigenvalue weighted by molar-refractivity contribution is -0.122. The number of halogens is 2. The van der Waals surface area contributed by atoms with Gasteiger partial charge in [-0.2, -0.15) is 0 Å². The van der Waals surface area contributed by atoms with Gasteiger partial charge in [0.15, 0.2) is 5.17 Å². The molecule has 0 spiro atoms. The molecule has 1 heterocycles. The molecule has 112 valence electrons. The quantitative estimate of drug-likeness (QED) is 0.852. The van der Waals surface area contributed by atoms with Gasteiger partial charge in [-0.25, -0.2) is 8.78 Å². The average Bonchev–Trinajstić information content (AvgIpc) is 2.91. The van der Waals surface area contributed by atoms with E-state index in [1.165, 1.54) is 11.8 Å². The van der Waals surface area contributed by atoms with Crippen LogP contribution in [-0.2, 0) is 4.79 Å². The van der Waals surface area contributed by atoms with E-state index in [2.05, 4.69) is 10.3 Å². The lowest BCUT2D eigenvalue weighted by Gasteiger charge is -2.25. The Morgan fingerprint density at radius 1 is 1.40 bits per heavy atom. The van der Waals surface area contributed by atoms with Crippen LogP contribution in [0.3, 0.4) is 0 Å². The number of aliphatic imine (C=N–C) groups is 1. The van der Waals surface area contributed by atoms with Crippen molar-refractivity contribution in [2.45, 2.75) is 56.7 Å². The van der Waals surface area contributed by atoms with Crippen molar-refractivity contribution in [3.63, 3.8) is 0 Å². The van der Waals surface area contributed by atoms with Gasteiger partial charge < -0.3 is 5.32 Å². The van der Waals surface area contributed by atoms with Gasteiger partial charge in [0, 0.05) is 12.3 Å². The van der Waals surface area contributed by atoms with Crippen LogP contribution in [0.4, 0.5) is 8.78 Å². The van der Waals surface area contributed by atoms with E-state index >= 15 is 0 Å². The molecular formula is C14H20F2N2OS. The molecule has 0 aromatic heterocycles. The lowest BCUT2D eigenvalue weighted by Crippen LogP contribution is -2.38. The first-order valence-corrected chi connectivity index (χ1v) is 8.00. The van der Waals surface area contributed by atoms with Gasteiger partial charge in [0.25, 0.3) is 5.92 Å². The van der Waals surface area contributed by atoms with Crippen molar-refractivity contribution >= 4 is 22.8 Å². The SMILES string of the molecule is CC(C)[C@@]1(C)SC(=N[C@@H]2C[C@H]3C[C@@H]2CC3(F)F)NC1=O. The highest BCUT2D eigenvalue weighted by molar-refractivity contribution is 8.16. The highest BCUT2D eigenvalue weighted by Gasteiger charge is 2.57. The average molecular weight is 302 g/mol. The summed E-state index contributed by atoms with van der Waals surface area (Å²) in [5.41, 5.74) is 0. The number of carbonyl (C=O) groups is 1. The summed E-state index contributed by atoms with van der Waals surface area (Å²) >= 11 is 1.45. The van der Waals surface area contributed by atoms with Crippen molar-refractivity contribution < 1.29 is 13.6 Å². The summed E-state index contributed by atoms with van der Waals surface area (Å²) < 4.78 is 26.5. The van der Waals surface area contributed by atoms with Gasteiger partial charge >= 0.3 is 0 Å². The molecule has 1 aliphatic heterocycles. The predicted octanol–water partition coefficient (Wildman–Crippen LogP) is 3.05. The number of thioether (sulfide) groups is 1. The Balaban J connectivity index is 1.72. The monoisotopic (exact) mass is 302 g/mol. The topological polar surface area (TPSA) is 41.5 Å². The van der Waals surface area contributed by atoms with Crippen LogP contribution >= 0.6 is 11.8 Å². The van der Waals surface area contributed by atoms with Gasteiger partial charge in [-0.1, -0.05) is 25.6 Å². The van der Waals surface area contributed by atoms with E-state index in [4.69, 9.17) is 0 Å². The van der Waals surface area contributed by atoms with Crippen molar-refractivity contribution in [3.8, 4) is 0 Å². The third-order valence-electron chi connectivity index (χ3n) is 5.15. The number of fused-ring (bicyclic) bond motifs is 2. The third kappa shape index (κ3) is 2.07. The van der Waals surface area contributed by atoms with Crippen LogP contribution < -0.4 is 5.32 Å². The number of hydrogen-bond acceptors (Lipinski definition) is 3. The zero-order valence-corrected chi connectivity index (χ0v) is 12.8. The summed E-state index contributed by atoms with van der Waals surface area (Å²) in [6.07, 6.45) is 0.990. The fourth-order valence-electron chi connectivity index (χ4n) is 3.42. The van der Waals surface area contributed by atoms with E-state index in [1.54, 1.807) is 0 Å². The van der Waals surface area contributed by atoms with Crippen molar-refractivity contribution in [1.29, 1.82) is 0 Å². The molecule has 2 saturated carbocycles. The molecule has 1 N–H and O–H groups in total. The molecule has 0 unspecified atom stereocenters. The summed E-state index contributed by atoms with van der Waals surface area (Å²) in [5, 5.41) is 3.44. The Labute approximate surface area is 122 Å². The van der Waals surface area contributed by atoms with E-state index in [-0.39, 0.29) is 30.2 Å². The van der Waals surface area contributed by atoms with Crippen LogP contribution in [0.25, 0.3) is 0 Å². The highest BCUT2D eigenvalue weighted by Crippen LogP contribution is 2.55. The Bertz CT molecular complexity index is 480. The minimum Gasteiger partial charge on any atom is -0.304 e. The molecule has 3 aliphatic rings. The molecular weight excluding hydrogens is 282 g/mol. The number of rotatable bonds is 2. The highest BCUT2D eigenvalue weighted by atomic mass is 32.2. The second kappa shape index (κ2) is 4.42. The van der Waals surface area contributed by atoms with Crippen molar-refractivity contribution in [2.24, 2.45) is 22.7 Å². The Kier molecular flexibility index (Phi) is 3.16. The number of alkyl halides is 2. The van der Waals surface area contributed by atoms with Crippen LogP contribution in [-0.4, -0.2) is 27.8 Å². The number of amidine groups is 1. The molecule has 6 heteroatoms. The van der Waals surface area contributed by atoms with Gasteiger partial charge in [0.05, 0.1) is 6.04 Å². The number of nitrogens with one attached hydrogen (secondary N) is 1. The van der Waals surface area contributed by atoms with Gasteiger partial charge in [-0.15, -0.1) is 0 Å². The number of amides is 1. The molecule has 2 bridgehead atoms. The van der Waals surface area contributed by atoms with Gasteiger partial charge in [-0.05, 0) is 31.6 Å². The molecule has 4 atom stereocenters. The van der Waals surface area contributed by atoms with Crippen LogP contribution in [0, 0.1) is 17.8 Å². The molecule has 1 amide bonds. The molecule has 2 aliphatic carbocycles. The molecule has 3 fully saturated rings. The number of carbonyl (C=O) groups excluding carboxylic acids is 1. The molecule has 0 aromatic carbocycles. The van der Waals surface area contributed by atoms with E-state index in [9.17, 15) is 13.6 Å². The molecule has 0 aromatic rings. The fourth-order valence-corrected chi connectivity index (χ4v) is 4.54. The number of nitrogens with zero attached hydrogens (tertiary/aromatic N) is 1. The Morgan fingerprint density at radius 3 is 2.55 bits per heavy atom. The molecule has 3 nitrogen and oxygen atoms in total. The van der Waals surface area contributed by atoms with E-state index in [0.717, 1.165) is 0 Å². The molecule has 0 radical (unpaired) electrons. The number of hydrogen-bond donors (Lipinski definition) is 1. The first-order chi connectivity index (χ1) is 9.22. The van der Waals surface area contributed by atoms with Gasteiger partial charge in [0.2, 0.25) is 5.91 Å². The third-order valence-corrected chi connectivity index (χ3v) is 6.64. The minimum atomic E-state index is -2.50. The van der Waals surface area contributed by atoms with Crippen LogP contribution in [0.15, 0.2) is 4.99 Å². The van der Waals surface area contributed by atoms with Crippen LogP contribution in [0.5, 0.6) is 0 Å². The lowest BCUT2D eigenvalue weighted by atomic mass is 9.93. The zero-order valence-electron chi connectivity index (χ0n) is 12.0. The van der Waals surface area contributed by atoms with Crippen molar-refractivity contribution in [3.05, 3.63) is 0 Å². The second-order valence-corrected chi connectivity index (χ2v) is 8.15. The Morgan fingerprint density at radius 2 is 2.10 bits per heavy atom. The van der Waals surface area contributed by atoms with Crippen LogP contribution in [0.2, 0.25) is 0 Å². The Hall–Kier alpha value is -0.650. The fraction of sp³-hybridized carbons (Fsp3) is 0.857. The summed E-state index contributed by atoms with van der Waals surface area (Å²) in [7, 11) is 0. The molecule has 1 saturated heterocycles. The van der Waals surface area contributed by atoms with E-state index < -0.39 is 16.6 Å². The summed E-state index contributed by atoms with van der Waals surface area (Å²) in [6, 6.07) is -0.0445. The smallest absolute Gasteiger partial charge is 0.251 e. The van der Waals surface area contributed by atoms with E-state index in [0.29, 0.717) is 18.0 Å². The molecule has 3 rings (SSSR count). The van der Waals surface area contributed by atoms with Gasteiger partial charge in [0.1, 0.15) is 4.75 Å². The van der Waals surface area contributed by atoms with E-state index in [1.807, 2.05) is 20.8 Å². The van der Waals surface area contributed by atoms with Crippen molar-refractivity contribution in [2.75, 3.05) is 0 Å². The summed E-state index contributed by atoms with van der Waals surface area (Å²) in [4.78, 5) is 16.6. The standard InChI is InChI=1S/C14H20F2N2OS/c1-7(2)13(3)11(19)18-12(20-13)17-10-5-9-4-8(10)6-14(9,15)16/h7-10H,4-6H2,1-3H3,(H,17,18,19)/t8-,9-,10-,13-/m1/s1. The second-order valence-electron chi connectivity index (χ2n) is 6.71.